The number of hydrogen-bond acceptors (Lipinski definition) is 3. The molecular formula is C8H6Cl2F3NO3S. The van der Waals surface area contributed by atoms with Crippen LogP contribution in [0.5, 0.6) is 5.75 Å². The smallest absolute Gasteiger partial charge is 0.422 e. The molecule has 0 aliphatic rings. The van der Waals surface area contributed by atoms with Crippen molar-refractivity contribution in [2.45, 2.75) is 11.1 Å². The van der Waals surface area contributed by atoms with Crippen LogP contribution in [0.3, 0.4) is 0 Å². The zero-order chi connectivity index (χ0) is 14.1. The van der Waals surface area contributed by atoms with Crippen LogP contribution < -0.4 is 9.88 Å². The molecule has 2 N–H and O–H groups in total. The van der Waals surface area contributed by atoms with Gasteiger partial charge >= 0.3 is 6.18 Å². The van der Waals surface area contributed by atoms with Gasteiger partial charge in [-0.3, -0.25) is 0 Å². The second-order valence-electron chi connectivity index (χ2n) is 3.14. The van der Waals surface area contributed by atoms with Gasteiger partial charge in [0.2, 0.25) is 10.0 Å². The minimum atomic E-state index is -4.55. The van der Waals surface area contributed by atoms with Crippen LogP contribution in [0.1, 0.15) is 0 Å². The van der Waals surface area contributed by atoms with Crippen LogP contribution >= 0.6 is 23.2 Å². The first-order valence-corrected chi connectivity index (χ1v) is 6.53. The number of sulfonamides is 1. The number of alkyl halides is 3. The Morgan fingerprint density at radius 2 is 1.78 bits per heavy atom. The fourth-order valence-electron chi connectivity index (χ4n) is 1.00. The molecule has 0 radical (unpaired) electrons. The summed E-state index contributed by atoms with van der Waals surface area (Å²) in [6, 6.07) is 1.86. The third kappa shape index (κ3) is 3.91. The van der Waals surface area contributed by atoms with Crippen LogP contribution in [0.15, 0.2) is 17.0 Å². The van der Waals surface area contributed by atoms with Crippen molar-refractivity contribution in [2.75, 3.05) is 6.61 Å². The van der Waals surface area contributed by atoms with Gasteiger partial charge in [0.15, 0.2) is 6.61 Å². The lowest BCUT2D eigenvalue weighted by atomic mass is 10.3. The third-order valence-corrected chi connectivity index (χ3v) is 3.64. The first kappa shape index (κ1) is 15.4. The van der Waals surface area contributed by atoms with Gasteiger partial charge in [0, 0.05) is 0 Å². The Morgan fingerprint density at radius 1 is 1.22 bits per heavy atom. The highest BCUT2D eigenvalue weighted by Gasteiger charge is 2.29. The molecule has 0 unspecified atom stereocenters. The average Bonchev–Trinajstić information content (AvgIpc) is 2.17. The summed E-state index contributed by atoms with van der Waals surface area (Å²) in [5.74, 6) is -0.383. The van der Waals surface area contributed by atoms with Crippen molar-refractivity contribution in [3.8, 4) is 5.75 Å². The fourth-order valence-corrected chi connectivity index (χ4v) is 2.37. The summed E-state index contributed by atoms with van der Waals surface area (Å²) in [5, 5.41) is 3.89. The van der Waals surface area contributed by atoms with E-state index in [1.165, 1.54) is 0 Å². The zero-order valence-corrected chi connectivity index (χ0v) is 10.8. The molecule has 0 aromatic heterocycles. The predicted octanol–water partition coefficient (Wildman–Crippen LogP) is 2.58. The molecule has 1 rings (SSSR count). The number of primary sulfonamides is 1. The van der Waals surface area contributed by atoms with Crippen molar-refractivity contribution in [3.63, 3.8) is 0 Å². The van der Waals surface area contributed by atoms with E-state index < -0.39 is 37.7 Å². The van der Waals surface area contributed by atoms with Gasteiger partial charge in [0.05, 0.1) is 5.02 Å². The molecular weight excluding hydrogens is 318 g/mol. The van der Waals surface area contributed by atoms with Crippen LogP contribution in [-0.2, 0) is 10.0 Å². The number of hydrogen-bond donors (Lipinski definition) is 1. The molecule has 0 bridgehead atoms. The summed E-state index contributed by atoms with van der Waals surface area (Å²) in [4.78, 5) is -0.492. The largest absolute Gasteiger partial charge is 0.483 e. The van der Waals surface area contributed by atoms with Crippen molar-refractivity contribution < 1.29 is 26.3 Å². The quantitative estimate of drug-likeness (QED) is 0.929. The van der Waals surface area contributed by atoms with Crippen LogP contribution in [0, 0.1) is 0 Å². The van der Waals surface area contributed by atoms with E-state index in [1.807, 2.05) is 0 Å². The molecule has 0 atom stereocenters. The average molecular weight is 324 g/mol. The summed E-state index contributed by atoms with van der Waals surface area (Å²) >= 11 is 11.2. The predicted molar refractivity (Wildman–Crippen MR) is 59.4 cm³/mol. The van der Waals surface area contributed by atoms with Gasteiger partial charge in [-0.05, 0) is 12.1 Å². The molecule has 0 spiro atoms. The van der Waals surface area contributed by atoms with E-state index in [0.29, 0.717) is 0 Å². The Labute approximate surface area is 110 Å². The second kappa shape index (κ2) is 5.12. The molecule has 0 fully saturated rings. The zero-order valence-electron chi connectivity index (χ0n) is 8.46. The highest BCUT2D eigenvalue weighted by molar-refractivity contribution is 7.89. The summed E-state index contributed by atoms with van der Waals surface area (Å²) in [7, 11) is -4.11. The molecule has 10 heteroatoms. The highest BCUT2D eigenvalue weighted by Crippen LogP contribution is 2.36. The Bertz CT molecular complexity index is 559. The first-order valence-electron chi connectivity index (χ1n) is 4.23. The highest BCUT2D eigenvalue weighted by atomic mass is 35.5. The van der Waals surface area contributed by atoms with Gasteiger partial charge in [0.1, 0.15) is 15.7 Å². The van der Waals surface area contributed by atoms with E-state index in [1.54, 1.807) is 0 Å². The number of ether oxygens (including phenoxy) is 1. The van der Waals surface area contributed by atoms with Gasteiger partial charge in [-0.25, -0.2) is 13.6 Å². The number of benzene rings is 1. The fraction of sp³-hybridized carbons (Fsp3) is 0.250. The van der Waals surface area contributed by atoms with Crippen molar-refractivity contribution in [3.05, 3.63) is 22.2 Å². The van der Waals surface area contributed by atoms with Crippen LogP contribution in [0.25, 0.3) is 0 Å². The Hall–Kier alpha value is -0.700. The van der Waals surface area contributed by atoms with E-state index in [9.17, 15) is 21.6 Å². The maximum Gasteiger partial charge on any atom is 0.422 e. The molecule has 0 aliphatic carbocycles. The van der Waals surface area contributed by atoms with Crippen molar-refractivity contribution in [2.24, 2.45) is 5.14 Å². The van der Waals surface area contributed by atoms with Gasteiger partial charge in [0.25, 0.3) is 0 Å². The molecule has 4 nitrogen and oxygen atoms in total. The summed E-state index contributed by atoms with van der Waals surface area (Å²) in [5.41, 5.74) is 0. The lowest BCUT2D eigenvalue weighted by Crippen LogP contribution is -2.19. The van der Waals surface area contributed by atoms with E-state index in [-0.39, 0.29) is 5.75 Å². The molecule has 0 saturated heterocycles. The van der Waals surface area contributed by atoms with Crippen molar-refractivity contribution in [1.29, 1.82) is 0 Å². The van der Waals surface area contributed by atoms with E-state index in [0.717, 1.165) is 12.1 Å². The van der Waals surface area contributed by atoms with Crippen molar-refractivity contribution >= 4 is 33.2 Å². The van der Waals surface area contributed by atoms with Gasteiger partial charge in [-0.2, -0.15) is 13.2 Å². The van der Waals surface area contributed by atoms with Gasteiger partial charge < -0.3 is 4.74 Å². The lowest BCUT2D eigenvalue weighted by molar-refractivity contribution is -0.153. The summed E-state index contributed by atoms with van der Waals surface area (Å²) < 4.78 is 62.2. The summed E-state index contributed by atoms with van der Waals surface area (Å²) in [6.45, 7) is -1.57. The molecule has 1 aromatic rings. The topological polar surface area (TPSA) is 69.4 Å². The Balaban J connectivity index is 3.10. The molecule has 1 aromatic carbocycles. The van der Waals surface area contributed by atoms with E-state index in [2.05, 4.69) is 4.74 Å². The lowest BCUT2D eigenvalue weighted by Gasteiger charge is -2.12. The molecule has 18 heavy (non-hydrogen) atoms. The third-order valence-electron chi connectivity index (χ3n) is 1.71. The normalized spacial score (nSPS) is 12.6. The summed E-state index contributed by atoms with van der Waals surface area (Å²) in [6.07, 6.45) is -4.55. The van der Waals surface area contributed by atoms with Crippen LogP contribution in [0.2, 0.25) is 10.0 Å². The van der Waals surface area contributed by atoms with E-state index in [4.69, 9.17) is 28.3 Å². The Morgan fingerprint density at radius 3 is 2.22 bits per heavy atom. The minimum absolute atomic E-state index is 0.383. The molecule has 0 saturated carbocycles. The molecule has 0 heterocycles. The van der Waals surface area contributed by atoms with Crippen LogP contribution in [-0.4, -0.2) is 21.2 Å². The van der Waals surface area contributed by atoms with Crippen molar-refractivity contribution in [1.82, 2.24) is 0 Å². The Kier molecular flexibility index (Phi) is 4.37. The van der Waals surface area contributed by atoms with Crippen LogP contribution in [0.4, 0.5) is 13.2 Å². The number of nitrogens with two attached hydrogens (primary N) is 1. The maximum atomic E-state index is 11.9. The van der Waals surface area contributed by atoms with E-state index >= 15 is 0 Å². The monoisotopic (exact) mass is 323 g/mol. The number of halogens is 5. The number of rotatable bonds is 3. The minimum Gasteiger partial charge on any atom is -0.483 e. The molecule has 102 valence electrons. The second-order valence-corrected chi connectivity index (χ2v) is 5.42. The van der Waals surface area contributed by atoms with Gasteiger partial charge in [-0.15, -0.1) is 0 Å². The maximum absolute atomic E-state index is 11.9. The SMILES string of the molecule is NS(=O)(=O)c1ccc(OCC(F)(F)F)c(Cl)c1Cl. The van der Waals surface area contributed by atoms with Gasteiger partial charge in [-0.1, -0.05) is 23.2 Å². The first-order chi connectivity index (χ1) is 8.02. The standard InChI is InChI=1S/C8H6Cl2F3NO3S/c9-6-4(17-3-8(11,12)13)1-2-5(7(6)10)18(14,15)16/h1-2H,3H2,(H2,14,15,16). The molecule has 0 aliphatic heterocycles. The molecule has 0 amide bonds.